The zero-order chi connectivity index (χ0) is 12.7. The molecule has 0 aromatic heterocycles. The molecular formula is C11H16N2O4. The molecule has 1 heterocycles. The molecular weight excluding hydrogens is 224 g/mol. The van der Waals surface area contributed by atoms with Crippen molar-refractivity contribution >= 4 is 12.0 Å². The second kappa shape index (κ2) is 6.76. The van der Waals surface area contributed by atoms with Crippen molar-refractivity contribution in [1.29, 1.82) is 0 Å². The van der Waals surface area contributed by atoms with Gasteiger partial charge in [-0.15, -0.1) is 11.8 Å². The Morgan fingerprint density at radius 3 is 2.88 bits per heavy atom. The van der Waals surface area contributed by atoms with Gasteiger partial charge in [0.15, 0.2) is 0 Å². The summed E-state index contributed by atoms with van der Waals surface area (Å²) in [7, 11) is 0. The Hall–Kier alpha value is -1.74. The van der Waals surface area contributed by atoms with Gasteiger partial charge in [-0.05, 0) is 6.92 Å². The maximum absolute atomic E-state index is 11.4. The first kappa shape index (κ1) is 13.3. The lowest BCUT2D eigenvalue weighted by Gasteiger charge is -2.15. The van der Waals surface area contributed by atoms with Gasteiger partial charge in [-0.25, -0.2) is 4.79 Å². The van der Waals surface area contributed by atoms with Gasteiger partial charge in [0.2, 0.25) is 0 Å². The molecule has 3 N–H and O–H groups in total. The Kier molecular flexibility index (Phi) is 5.30. The number of hydrogen-bond donors (Lipinski definition) is 3. The minimum absolute atomic E-state index is 0.140. The highest BCUT2D eigenvalue weighted by Crippen LogP contribution is 2.13. The minimum atomic E-state index is -0.954. The fourth-order valence-corrected chi connectivity index (χ4v) is 1.52. The average molecular weight is 240 g/mol. The number of aliphatic carboxylic acids is 1. The molecule has 6 heteroatoms. The third-order valence-corrected chi connectivity index (χ3v) is 2.43. The number of carboxylic acid groups (broad SMARTS) is 1. The summed E-state index contributed by atoms with van der Waals surface area (Å²) < 4.78 is 5.03. The molecule has 0 spiro atoms. The summed E-state index contributed by atoms with van der Waals surface area (Å²) >= 11 is 0. The quantitative estimate of drug-likeness (QED) is 0.469. The first-order valence-corrected chi connectivity index (χ1v) is 5.39. The van der Waals surface area contributed by atoms with E-state index in [1.807, 2.05) is 0 Å². The highest BCUT2D eigenvalue weighted by Gasteiger charge is 2.34. The molecule has 0 radical (unpaired) electrons. The molecule has 0 saturated carbocycles. The molecule has 2 atom stereocenters. The van der Waals surface area contributed by atoms with Crippen LogP contribution in [0.25, 0.3) is 0 Å². The second-order valence-corrected chi connectivity index (χ2v) is 3.67. The molecule has 1 aliphatic heterocycles. The van der Waals surface area contributed by atoms with Gasteiger partial charge < -0.3 is 20.5 Å². The van der Waals surface area contributed by atoms with Gasteiger partial charge in [-0.3, -0.25) is 4.79 Å². The van der Waals surface area contributed by atoms with Crippen molar-refractivity contribution in [2.24, 2.45) is 5.92 Å². The molecule has 94 valence electrons. The third kappa shape index (κ3) is 4.33. The molecule has 1 aliphatic rings. The predicted octanol–water partition coefficient (Wildman–Crippen LogP) is -0.201. The van der Waals surface area contributed by atoms with Crippen molar-refractivity contribution in [3.63, 3.8) is 0 Å². The van der Waals surface area contributed by atoms with Gasteiger partial charge >= 0.3 is 12.0 Å². The van der Waals surface area contributed by atoms with Gasteiger partial charge in [0.1, 0.15) is 5.92 Å². The van der Waals surface area contributed by atoms with E-state index in [-0.39, 0.29) is 19.2 Å². The van der Waals surface area contributed by atoms with Crippen LogP contribution in [0, 0.1) is 17.8 Å². The van der Waals surface area contributed by atoms with Gasteiger partial charge in [0.25, 0.3) is 0 Å². The Bertz CT molecular complexity index is 345. The Morgan fingerprint density at radius 1 is 1.47 bits per heavy atom. The van der Waals surface area contributed by atoms with Crippen LogP contribution in [0.3, 0.4) is 0 Å². The minimum Gasteiger partial charge on any atom is -0.481 e. The number of urea groups is 1. The van der Waals surface area contributed by atoms with E-state index in [1.165, 1.54) is 0 Å². The summed E-state index contributed by atoms with van der Waals surface area (Å²) in [5, 5.41) is 14.1. The summed E-state index contributed by atoms with van der Waals surface area (Å²) in [6, 6.07) is -0.852. The van der Waals surface area contributed by atoms with E-state index in [0.29, 0.717) is 13.0 Å². The smallest absolute Gasteiger partial charge is 0.315 e. The Morgan fingerprint density at radius 2 is 2.24 bits per heavy atom. The zero-order valence-electron chi connectivity index (χ0n) is 9.66. The van der Waals surface area contributed by atoms with E-state index < -0.39 is 17.9 Å². The summed E-state index contributed by atoms with van der Waals surface area (Å²) in [6.45, 7) is 2.55. The van der Waals surface area contributed by atoms with Crippen molar-refractivity contribution < 1.29 is 19.4 Å². The average Bonchev–Trinajstić information content (AvgIpc) is 2.72. The van der Waals surface area contributed by atoms with E-state index in [0.717, 1.165) is 0 Å². The number of carbonyl (C=O) groups excluding carboxylic acids is 1. The van der Waals surface area contributed by atoms with Crippen molar-refractivity contribution in [3.05, 3.63) is 0 Å². The fraction of sp³-hybridized carbons (Fsp3) is 0.636. The first-order chi connectivity index (χ1) is 8.15. The highest BCUT2D eigenvalue weighted by molar-refractivity contribution is 5.77. The topological polar surface area (TPSA) is 87.7 Å². The summed E-state index contributed by atoms with van der Waals surface area (Å²) in [6.07, 6.45) is 0.577. The monoisotopic (exact) mass is 240 g/mol. The SMILES string of the molecule is CC#CCCNC(=O)NC1COCC1C(=O)O. The zero-order valence-corrected chi connectivity index (χ0v) is 9.66. The fourth-order valence-electron chi connectivity index (χ4n) is 1.52. The van der Waals surface area contributed by atoms with Crippen LogP contribution in [-0.4, -0.2) is 42.9 Å². The van der Waals surface area contributed by atoms with Gasteiger partial charge in [0.05, 0.1) is 19.3 Å². The molecule has 0 aromatic rings. The molecule has 1 saturated heterocycles. The summed E-state index contributed by atoms with van der Waals surface area (Å²) in [4.78, 5) is 22.2. The van der Waals surface area contributed by atoms with Crippen molar-refractivity contribution in [2.45, 2.75) is 19.4 Å². The number of amides is 2. The molecule has 6 nitrogen and oxygen atoms in total. The van der Waals surface area contributed by atoms with E-state index in [2.05, 4.69) is 22.5 Å². The van der Waals surface area contributed by atoms with E-state index in [4.69, 9.17) is 9.84 Å². The number of rotatable bonds is 4. The highest BCUT2D eigenvalue weighted by atomic mass is 16.5. The summed E-state index contributed by atoms with van der Waals surface area (Å²) in [5.41, 5.74) is 0. The van der Waals surface area contributed by atoms with E-state index in [1.54, 1.807) is 6.92 Å². The third-order valence-electron chi connectivity index (χ3n) is 2.43. The molecule has 2 unspecified atom stereocenters. The van der Waals surface area contributed by atoms with Gasteiger partial charge in [-0.2, -0.15) is 0 Å². The van der Waals surface area contributed by atoms with Crippen LogP contribution in [-0.2, 0) is 9.53 Å². The van der Waals surface area contributed by atoms with Crippen LogP contribution in [0.5, 0.6) is 0 Å². The van der Waals surface area contributed by atoms with Crippen LogP contribution < -0.4 is 10.6 Å². The standard InChI is InChI=1S/C11H16N2O4/c1-2-3-4-5-12-11(16)13-9-7-17-6-8(9)10(14)15/h8-9H,4-7H2,1H3,(H,14,15)(H2,12,13,16). The largest absolute Gasteiger partial charge is 0.481 e. The number of hydrogen-bond acceptors (Lipinski definition) is 3. The lowest BCUT2D eigenvalue weighted by molar-refractivity contribution is -0.142. The molecule has 1 rings (SSSR count). The van der Waals surface area contributed by atoms with Gasteiger partial charge in [0, 0.05) is 13.0 Å². The second-order valence-electron chi connectivity index (χ2n) is 3.67. The maximum Gasteiger partial charge on any atom is 0.315 e. The normalized spacial score (nSPS) is 22.4. The van der Waals surface area contributed by atoms with Crippen LogP contribution in [0.1, 0.15) is 13.3 Å². The first-order valence-electron chi connectivity index (χ1n) is 5.39. The van der Waals surface area contributed by atoms with E-state index >= 15 is 0 Å². The molecule has 0 bridgehead atoms. The van der Waals surface area contributed by atoms with Crippen LogP contribution in [0.4, 0.5) is 4.79 Å². The van der Waals surface area contributed by atoms with Crippen molar-refractivity contribution in [1.82, 2.24) is 10.6 Å². The van der Waals surface area contributed by atoms with Crippen molar-refractivity contribution in [3.8, 4) is 11.8 Å². The lowest BCUT2D eigenvalue weighted by atomic mass is 10.0. The predicted molar refractivity (Wildman–Crippen MR) is 60.3 cm³/mol. The molecule has 0 aliphatic carbocycles. The van der Waals surface area contributed by atoms with Crippen LogP contribution in [0.15, 0.2) is 0 Å². The lowest BCUT2D eigenvalue weighted by Crippen LogP contribution is -2.47. The van der Waals surface area contributed by atoms with Crippen molar-refractivity contribution in [2.75, 3.05) is 19.8 Å². The number of carboxylic acids is 1. The number of ether oxygens (including phenoxy) is 1. The Labute approximate surface area is 99.7 Å². The molecule has 0 aromatic carbocycles. The van der Waals surface area contributed by atoms with Crippen LogP contribution >= 0.6 is 0 Å². The van der Waals surface area contributed by atoms with E-state index in [9.17, 15) is 9.59 Å². The maximum atomic E-state index is 11.4. The molecule has 17 heavy (non-hydrogen) atoms. The molecule has 2 amide bonds. The van der Waals surface area contributed by atoms with Crippen LogP contribution in [0.2, 0.25) is 0 Å². The summed E-state index contributed by atoms with van der Waals surface area (Å²) in [5.74, 6) is 3.91. The Balaban J connectivity index is 2.29. The van der Waals surface area contributed by atoms with Gasteiger partial charge in [-0.1, -0.05) is 0 Å². The molecule has 1 fully saturated rings. The number of nitrogens with one attached hydrogen (secondary N) is 2. The number of carbonyl (C=O) groups is 2.